The summed E-state index contributed by atoms with van der Waals surface area (Å²) in [4.78, 5) is 12.6. The summed E-state index contributed by atoms with van der Waals surface area (Å²) in [5.74, 6) is 1.72. The van der Waals surface area contributed by atoms with Gasteiger partial charge < -0.3 is 14.2 Å². The molecule has 1 amide bonds. The highest BCUT2D eigenvalue weighted by molar-refractivity contribution is 9.10. The molecule has 1 N–H and O–H groups in total. The van der Waals surface area contributed by atoms with Gasteiger partial charge in [0.25, 0.3) is 5.91 Å². The lowest BCUT2D eigenvalue weighted by Crippen LogP contribution is -2.17. The van der Waals surface area contributed by atoms with Crippen molar-refractivity contribution >= 4 is 28.1 Å². The van der Waals surface area contributed by atoms with E-state index < -0.39 is 0 Å². The van der Waals surface area contributed by atoms with Gasteiger partial charge in [0.05, 0.1) is 12.8 Å². The van der Waals surface area contributed by atoms with Crippen molar-refractivity contribution in [3.05, 3.63) is 123 Å². The van der Waals surface area contributed by atoms with Crippen molar-refractivity contribution in [3.63, 3.8) is 0 Å². The lowest BCUT2D eigenvalue weighted by atomic mass is 10.1. The molecule has 0 atom stereocenters. The number of unbranched alkanes of at least 4 members (excludes halogenated alkanes) is 1. The third-order valence-corrected chi connectivity index (χ3v) is 6.81. The fraction of sp³-hybridized carbons (Fsp3) is 0.235. The van der Waals surface area contributed by atoms with Crippen molar-refractivity contribution in [2.75, 3.05) is 6.61 Å². The highest BCUT2D eigenvalue weighted by Crippen LogP contribution is 2.30. The summed E-state index contributed by atoms with van der Waals surface area (Å²) >= 11 is 3.51. The van der Waals surface area contributed by atoms with Gasteiger partial charge in [-0.15, -0.1) is 0 Å². The van der Waals surface area contributed by atoms with Crippen molar-refractivity contribution in [2.24, 2.45) is 5.10 Å². The van der Waals surface area contributed by atoms with E-state index in [9.17, 15) is 4.79 Å². The van der Waals surface area contributed by atoms with E-state index in [1.807, 2.05) is 97.9 Å². The number of nitrogens with zero attached hydrogens (tertiary/aromatic N) is 1. The first-order valence-corrected chi connectivity index (χ1v) is 14.6. The van der Waals surface area contributed by atoms with Gasteiger partial charge in [0.1, 0.15) is 19.0 Å². The maximum atomic E-state index is 12.6. The van der Waals surface area contributed by atoms with Crippen molar-refractivity contribution in [3.8, 4) is 17.2 Å². The van der Waals surface area contributed by atoms with Crippen LogP contribution in [0.5, 0.6) is 17.2 Å². The van der Waals surface area contributed by atoms with E-state index in [0.29, 0.717) is 42.6 Å². The monoisotopic (exact) mass is 614 g/mol. The highest BCUT2D eigenvalue weighted by atomic mass is 79.9. The van der Waals surface area contributed by atoms with E-state index in [0.717, 1.165) is 40.4 Å². The molecule has 0 unspecified atom stereocenters. The smallest absolute Gasteiger partial charge is 0.271 e. The van der Waals surface area contributed by atoms with E-state index in [-0.39, 0.29) is 5.91 Å². The lowest BCUT2D eigenvalue weighted by Gasteiger charge is -2.14. The molecule has 0 aliphatic heterocycles. The first kappa shape index (κ1) is 29.9. The van der Waals surface area contributed by atoms with Gasteiger partial charge in [-0.1, -0.05) is 77.8 Å². The molecule has 0 heterocycles. The lowest BCUT2D eigenvalue weighted by molar-refractivity contribution is 0.0955. The van der Waals surface area contributed by atoms with E-state index in [4.69, 9.17) is 14.2 Å². The number of amides is 1. The van der Waals surface area contributed by atoms with Crippen LogP contribution in [0.3, 0.4) is 0 Å². The number of ether oxygens (including phenoxy) is 3. The van der Waals surface area contributed by atoms with Crippen molar-refractivity contribution in [1.82, 2.24) is 5.43 Å². The SMILES string of the molecule is CCCCc1ccc(C(=O)N/N=C/c2cc(Br)ccc2OCc2ccc(OCc3ccccc3)c(OCC)c2)cc1. The van der Waals surface area contributed by atoms with Crippen molar-refractivity contribution in [2.45, 2.75) is 46.3 Å². The molecule has 7 heteroatoms. The molecule has 41 heavy (non-hydrogen) atoms. The maximum Gasteiger partial charge on any atom is 0.271 e. The van der Waals surface area contributed by atoms with Gasteiger partial charge in [-0.05, 0) is 78.9 Å². The zero-order valence-electron chi connectivity index (χ0n) is 23.4. The van der Waals surface area contributed by atoms with Gasteiger partial charge in [0.2, 0.25) is 0 Å². The van der Waals surface area contributed by atoms with Crippen LogP contribution in [0.2, 0.25) is 0 Å². The number of hydrogen-bond donors (Lipinski definition) is 1. The number of nitrogens with one attached hydrogen (secondary N) is 1. The molecule has 0 spiro atoms. The Morgan fingerprint density at radius 2 is 1.49 bits per heavy atom. The average molecular weight is 616 g/mol. The van der Waals surface area contributed by atoms with Crippen LogP contribution in [0.4, 0.5) is 0 Å². The minimum absolute atomic E-state index is 0.265. The number of halogens is 1. The summed E-state index contributed by atoms with van der Waals surface area (Å²) in [7, 11) is 0. The Morgan fingerprint density at radius 1 is 0.780 bits per heavy atom. The molecule has 0 saturated heterocycles. The largest absolute Gasteiger partial charge is 0.490 e. The van der Waals surface area contributed by atoms with Crippen LogP contribution in [-0.2, 0) is 19.6 Å². The summed E-state index contributed by atoms with van der Waals surface area (Å²) < 4.78 is 18.9. The van der Waals surface area contributed by atoms with Gasteiger partial charge in [-0.25, -0.2) is 5.43 Å². The molecular formula is C34H35BrN2O4. The number of carbonyl (C=O) groups is 1. The summed E-state index contributed by atoms with van der Waals surface area (Å²) in [5, 5.41) is 4.18. The Morgan fingerprint density at radius 3 is 2.24 bits per heavy atom. The quantitative estimate of drug-likeness (QED) is 0.115. The van der Waals surface area contributed by atoms with Crippen molar-refractivity contribution < 1.29 is 19.0 Å². The molecule has 0 fully saturated rings. The molecule has 4 rings (SSSR count). The van der Waals surface area contributed by atoms with Crippen LogP contribution in [0, 0.1) is 0 Å². The number of hydrogen-bond acceptors (Lipinski definition) is 5. The Balaban J connectivity index is 1.38. The molecule has 6 nitrogen and oxygen atoms in total. The minimum atomic E-state index is -0.265. The molecule has 0 radical (unpaired) electrons. The average Bonchev–Trinajstić information content (AvgIpc) is 3.00. The minimum Gasteiger partial charge on any atom is -0.490 e. The second-order valence-electron chi connectivity index (χ2n) is 9.46. The molecule has 0 bridgehead atoms. The number of benzene rings is 4. The molecule has 212 valence electrons. The summed E-state index contributed by atoms with van der Waals surface area (Å²) in [6, 6.07) is 29.1. The van der Waals surface area contributed by atoms with Gasteiger partial charge in [0, 0.05) is 15.6 Å². The molecule has 4 aromatic carbocycles. The van der Waals surface area contributed by atoms with Crippen LogP contribution in [0.15, 0.2) is 101 Å². The fourth-order valence-electron chi connectivity index (χ4n) is 4.11. The van der Waals surface area contributed by atoms with Crippen molar-refractivity contribution in [1.29, 1.82) is 0 Å². The van der Waals surface area contributed by atoms with Gasteiger partial charge in [-0.2, -0.15) is 5.10 Å². The number of aryl methyl sites for hydroxylation is 1. The van der Waals surface area contributed by atoms with E-state index >= 15 is 0 Å². The summed E-state index contributed by atoms with van der Waals surface area (Å²) in [6.45, 7) is 5.41. The first-order valence-electron chi connectivity index (χ1n) is 13.8. The summed E-state index contributed by atoms with van der Waals surface area (Å²) in [6.07, 6.45) is 4.87. The van der Waals surface area contributed by atoms with Gasteiger partial charge in [0.15, 0.2) is 11.5 Å². The molecular weight excluding hydrogens is 580 g/mol. The highest BCUT2D eigenvalue weighted by Gasteiger charge is 2.10. The number of rotatable bonds is 14. The Kier molecular flexibility index (Phi) is 11.4. The van der Waals surface area contributed by atoms with Crippen LogP contribution < -0.4 is 19.6 Å². The maximum absolute atomic E-state index is 12.6. The topological polar surface area (TPSA) is 69.2 Å². The summed E-state index contributed by atoms with van der Waals surface area (Å²) in [5.41, 5.74) is 7.15. The fourth-order valence-corrected chi connectivity index (χ4v) is 4.49. The number of hydrazone groups is 1. The van der Waals surface area contributed by atoms with E-state index in [2.05, 4.69) is 33.4 Å². The van der Waals surface area contributed by atoms with Gasteiger partial charge >= 0.3 is 0 Å². The second-order valence-corrected chi connectivity index (χ2v) is 10.4. The van der Waals surface area contributed by atoms with Crippen LogP contribution in [0.1, 0.15) is 59.3 Å². The Bertz CT molecular complexity index is 1440. The standard InChI is InChI=1S/C34H35BrN2O4/c1-3-5-9-25-12-15-28(16-13-25)34(38)37-36-22-29-21-30(35)17-19-31(29)40-24-27-14-18-32(33(20-27)39-4-2)41-23-26-10-7-6-8-11-26/h6-8,10-22H,3-5,9,23-24H2,1-2H3,(H,37,38)/b36-22+. The van der Waals surface area contributed by atoms with Crippen LogP contribution in [-0.4, -0.2) is 18.7 Å². The third kappa shape index (κ3) is 9.22. The Labute approximate surface area is 250 Å². The number of carbonyl (C=O) groups excluding carboxylic acids is 1. The molecule has 0 aromatic heterocycles. The molecule has 0 saturated carbocycles. The Hall–Kier alpha value is -4.10. The van der Waals surface area contributed by atoms with E-state index in [1.54, 1.807) is 6.21 Å². The predicted octanol–water partition coefficient (Wildman–Crippen LogP) is 8.11. The van der Waals surface area contributed by atoms with E-state index in [1.165, 1.54) is 5.56 Å². The molecule has 0 aliphatic carbocycles. The van der Waals surface area contributed by atoms with Crippen LogP contribution >= 0.6 is 15.9 Å². The normalized spacial score (nSPS) is 10.9. The van der Waals surface area contributed by atoms with Crippen LogP contribution in [0.25, 0.3) is 0 Å². The van der Waals surface area contributed by atoms with Gasteiger partial charge in [-0.3, -0.25) is 4.79 Å². The zero-order valence-corrected chi connectivity index (χ0v) is 25.0. The molecule has 4 aromatic rings. The molecule has 0 aliphatic rings. The second kappa shape index (κ2) is 15.6. The third-order valence-electron chi connectivity index (χ3n) is 6.32. The predicted molar refractivity (Wildman–Crippen MR) is 167 cm³/mol. The zero-order chi connectivity index (χ0) is 28.9. The first-order chi connectivity index (χ1) is 20.1.